The Bertz CT molecular complexity index is 290. The molecule has 0 N–H and O–H groups in total. The minimum absolute atomic E-state index is 0.814. The van der Waals surface area contributed by atoms with Gasteiger partial charge in [0.1, 0.15) is 0 Å². The zero-order valence-corrected chi connectivity index (χ0v) is 9.81. The van der Waals surface area contributed by atoms with E-state index in [2.05, 4.69) is 44.0 Å². The predicted octanol–water partition coefficient (Wildman–Crippen LogP) is 3.83. The van der Waals surface area contributed by atoms with Crippen LogP contribution in [-0.4, -0.2) is 0 Å². The summed E-state index contributed by atoms with van der Waals surface area (Å²) in [5, 5.41) is 0. The van der Waals surface area contributed by atoms with Gasteiger partial charge in [-0.15, -0.1) is 0 Å². The highest BCUT2D eigenvalue weighted by atomic mass is 79.9. The second kappa shape index (κ2) is 2.48. The first-order valence-corrected chi connectivity index (χ1v) is 6.08. The molecule has 0 aromatic carbocycles. The van der Waals surface area contributed by atoms with Crippen LogP contribution in [0.15, 0.2) is 21.1 Å². The smallest absolute Gasteiger partial charge is 0.00918 e. The van der Waals surface area contributed by atoms with Crippen LogP contribution in [-0.2, 0) is 0 Å². The SMILES string of the molecule is BrC1=C(Br)C2C3C=CC(C3)C2C1. The van der Waals surface area contributed by atoms with Crippen molar-refractivity contribution in [2.75, 3.05) is 0 Å². The summed E-state index contributed by atoms with van der Waals surface area (Å²) in [5.41, 5.74) is 0. The molecule has 0 saturated heterocycles. The van der Waals surface area contributed by atoms with Gasteiger partial charge in [0.15, 0.2) is 0 Å². The number of hydrogen-bond donors (Lipinski definition) is 0. The fourth-order valence-corrected chi connectivity index (χ4v) is 4.54. The molecule has 2 heteroatoms. The lowest BCUT2D eigenvalue weighted by Crippen LogP contribution is -2.14. The van der Waals surface area contributed by atoms with E-state index in [0.717, 1.165) is 23.7 Å². The third kappa shape index (κ3) is 0.832. The minimum Gasteiger partial charge on any atom is -0.0848 e. The molecule has 4 atom stereocenters. The monoisotopic (exact) mass is 288 g/mol. The molecule has 0 radical (unpaired) electrons. The maximum absolute atomic E-state index is 3.71. The van der Waals surface area contributed by atoms with Gasteiger partial charge >= 0.3 is 0 Å². The van der Waals surface area contributed by atoms with Crippen LogP contribution in [0.3, 0.4) is 0 Å². The zero-order chi connectivity index (χ0) is 8.29. The minimum atomic E-state index is 0.814. The summed E-state index contributed by atoms with van der Waals surface area (Å²) in [4.78, 5) is 0. The van der Waals surface area contributed by atoms with Crippen LogP contribution < -0.4 is 0 Å². The van der Waals surface area contributed by atoms with Crippen molar-refractivity contribution in [1.82, 2.24) is 0 Å². The van der Waals surface area contributed by atoms with Crippen molar-refractivity contribution in [2.45, 2.75) is 12.8 Å². The molecular formula is C10H10Br2. The highest BCUT2D eigenvalue weighted by molar-refractivity contribution is 9.14. The van der Waals surface area contributed by atoms with E-state index in [9.17, 15) is 0 Å². The van der Waals surface area contributed by atoms with Crippen LogP contribution in [0, 0.1) is 23.7 Å². The predicted molar refractivity (Wildman–Crippen MR) is 57.2 cm³/mol. The summed E-state index contributed by atoms with van der Waals surface area (Å²) >= 11 is 7.36. The van der Waals surface area contributed by atoms with Crippen LogP contribution in [0.4, 0.5) is 0 Å². The van der Waals surface area contributed by atoms with Crippen molar-refractivity contribution in [2.24, 2.45) is 23.7 Å². The lowest BCUT2D eigenvalue weighted by molar-refractivity contribution is 0.395. The molecular weight excluding hydrogens is 280 g/mol. The van der Waals surface area contributed by atoms with Crippen LogP contribution in [0.25, 0.3) is 0 Å². The van der Waals surface area contributed by atoms with Gasteiger partial charge in [-0.05, 0) is 30.6 Å². The third-order valence-corrected chi connectivity index (χ3v) is 5.88. The highest BCUT2D eigenvalue weighted by Gasteiger charge is 2.49. The quantitative estimate of drug-likeness (QED) is 0.595. The number of allylic oxidation sites excluding steroid dienone is 4. The second-order valence-electron chi connectivity index (χ2n) is 4.09. The Kier molecular flexibility index (Phi) is 1.61. The summed E-state index contributed by atoms with van der Waals surface area (Å²) in [6.45, 7) is 0. The maximum Gasteiger partial charge on any atom is 0.00918 e. The largest absolute Gasteiger partial charge is 0.0848 e. The summed E-state index contributed by atoms with van der Waals surface area (Å²) in [6.07, 6.45) is 7.51. The van der Waals surface area contributed by atoms with Gasteiger partial charge in [0.25, 0.3) is 0 Å². The first kappa shape index (κ1) is 7.81. The van der Waals surface area contributed by atoms with Gasteiger partial charge in [0, 0.05) is 14.9 Å². The Hall–Kier alpha value is 0.440. The van der Waals surface area contributed by atoms with E-state index in [1.54, 1.807) is 0 Å². The number of hydrogen-bond acceptors (Lipinski definition) is 0. The molecule has 0 amide bonds. The summed E-state index contributed by atoms with van der Waals surface area (Å²) < 4.78 is 2.86. The van der Waals surface area contributed by atoms with E-state index in [4.69, 9.17) is 0 Å². The molecule has 3 rings (SSSR count). The zero-order valence-electron chi connectivity index (χ0n) is 6.63. The van der Waals surface area contributed by atoms with Crippen molar-refractivity contribution in [1.29, 1.82) is 0 Å². The third-order valence-electron chi connectivity index (χ3n) is 3.59. The summed E-state index contributed by atoms with van der Waals surface area (Å²) in [6, 6.07) is 0. The van der Waals surface area contributed by atoms with Gasteiger partial charge in [0.05, 0.1) is 0 Å². The average Bonchev–Trinajstić information content (AvgIpc) is 2.66. The van der Waals surface area contributed by atoms with E-state index >= 15 is 0 Å². The molecule has 1 saturated carbocycles. The second-order valence-corrected chi connectivity index (χ2v) is 5.91. The number of rotatable bonds is 0. The van der Waals surface area contributed by atoms with E-state index in [1.807, 2.05) is 0 Å². The van der Waals surface area contributed by atoms with Gasteiger partial charge in [-0.25, -0.2) is 0 Å². The lowest BCUT2D eigenvalue weighted by atomic mass is 9.86. The normalized spacial score (nSPS) is 49.2. The topological polar surface area (TPSA) is 0 Å². The van der Waals surface area contributed by atoms with E-state index in [1.165, 1.54) is 21.8 Å². The highest BCUT2D eigenvalue weighted by Crippen LogP contribution is 2.59. The van der Waals surface area contributed by atoms with Crippen molar-refractivity contribution < 1.29 is 0 Å². The molecule has 1 fully saturated rings. The van der Waals surface area contributed by atoms with Crippen LogP contribution in [0.5, 0.6) is 0 Å². The van der Waals surface area contributed by atoms with Crippen molar-refractivity contribution in [3.63, 3.8) is 0 Å². The van der Waals surface area contributed by atoms with Crippen molar-refractivity contribution >= 4 is 31.9 Å². The first-order valence-electron chi connectivity index (χ1n) is 4.49. The molecule has 12 heavy (non-hydrogen) atoms. The lowest BCUT2D eigenvalue weighted by Gasteiger charge is -2.20. The summed E-state index contributed by atoms with van der Waals surface area (Å²) in [7, 11) is 0. The Morgan fingerprint density at radius 3 is 2.67 bits per heavy atom. The Morgan fingerprint density at radius 2 is 1.92 bits per heavy atom. The Labute approximate surface area is 89.4 Å². The number of fused-ring (bicyclic) bond motifs is 5. The molecule has 0 aromatic rings. The van der Waals surface area contributed by atoms with Crippen molar-refractivity contribution in [3.05, 3.63) is 21.1 Å². The van der Waals surface area contributed by atoms with E-state index in [0.29, 0.717) is 0 Å². The molecule has 0 heterocycles. The molecule has 3 aliphatic rings. The molecule has 0 aliphatic heterocycles. The fourth-order valence-electron chi connectivity index (χ4n) is 3.06. The molecule has 0 aromatic heterocycles. The van der Waals surface area contributed by atoms with Gasteiger partial charge in [0.2, 0.25) is 0 Å². The molecule has 0 spiro atoms. The number of halogens is 2. The average molecular weight is 290 g/mol. The molecule has 0 nitrogen and oxygen atoms in total. The van der Waals surface area contributed by atoms with Gasteiger partial charge in [-0.3, -0.25) is 0 Å². The fraction of sp³-hybridized carbons (Fsp3) is 0.600. The van der Waals surface area contributed by atoms with Gasteiger partial charge in [-0.1, -0.05) is 44.0 Å². The van der Waals surface area contributed by atoms with Crippen molar-refractivity contribution in [3.8, 4) is 0 Å². The van der Waals surface area contributed by atoms with E-state index in [-0.39, 0.29) is 0 Å². The maximum atomic E-state index is 3.71. The molecule has 2 bridgehead atoms. The van der Waals surface area contributed by atoms with Crippen LogP contribution in [0.2, 0.25) is 0 Å². The molecule has 64 valence electrons. The van der Waals surface area contributed by atoms with Crippen LogP contribution in [0.1, 0.15) is 12.8 Å². The summed E-state index contributed by atoms with van der Waals surface area (Å²) in [5.74, 6) is 3.44. The first-order chi connectivity index (χ1) is 5.77. The van der Waals surface area contributed by atoms with E-state index < -0.39 is 0 Å². The van der Waals surface area contributed by atoms with Gasteiger partial charge in [-0.2, -0.15) is 0 Å². The Balaban J connectivity index is 2.03. The van der Waals surface area contributed by atoms with Crippen LogP contribution >= 0.6 is 31.9 Å². The molecule has 4 unspecified atom stereocenters. The van der Waals surface area contributed by atoms with Gasteiger partial charge < -0.3 is 0 Å². The standard InChI is InChI=1S/C10H10Br2/c11-8-4-7-5-1-2-6(3-5)9(7)10(8)12/h1-2,5-7,9H,3-4H2. The molecule has 3 aliphatic carbocycles. The Morgan fingerprint density at radius 1 is 1.17 bits per heavy atom.